The average molecular weight is 420 g/mol. The van der Waals surface area contributed by atoms with Gasteiger partial charge in [-0.25, -0.2) is 0 Å². The van der Waals surface area contributed by atoms with Crippen LogP contribution in [0.3, 0.4) is 0 Å². The summed E-state index contributed by atoms with van der Waals surface area (Å²) in [6.07, 6.45) is 4.26. The molecule has 3 amide bonds. The second-order valence-electron chi connectivity index (χ2n) is 7.54. The first-order valence-electron chi connectivity index (χ1n) is 10.8. The number of rotatable bonds is 14. The molecule has 0 saturated carbocycles. The molecule has 1 atom stereocenters. The third-order valence-electron chi connectivity index (χ3n) is 4.95. The molecule has 1 rings (SSSR count). The molecule has 7 heteroatoms. The minimum absolute atomic E-state index is 0.00121. The van der Waals surface area contributed by atoms with Crippen molar-refractivity contribution in [1.82, 2.24) is 10.2 Å². The van der Waals surface area contributed by atoms with E-state index in [1.54, 1.807) is 12.0 Å². The second kappa shape index (κ2) is 14.6. The average Bonchev–Trinajstić information content (AvgIpc) is 2.73. The SMILES string of the molecule is CCCC[C@@H](CC)C(=O)N(CCCOC)CC(=O)NCC(=O)Nc1ccc(C)cc1. The monoisotopic (exact) mass is 419 g/mol. The maximum absolute atomic E-state index is 12.9. The van der Waals surface area contributed by atoms with Crippen LogP contribution < -0.4 is 10.6 Å². The van der Waals surface area contributed by atoms with Crippen molar-refractivity contribution in [1.29, 1.82) is 0 Å². The van der Waals surface area contributed by atoms with E-state index in [4.69, 9.17) is 4.74 Å². The minimum Gasteiger partial charge on any atom is -0.385 e. The number of hydrogen-bond donors (Lipinski definition) is 2. The highest BCUT2D eigenvalue weighted by molar-refractivity contribution is 5.95. The molecule has 7 nitrogen and oxygen atoms in total. The molecule has 30 heavy (non-hydrogen) atoms. The predicted molar refractivity (Wildman–Crippen MR) is 119 cm³/mol. The molecule has 0 unspecified atom stereocenters. The number of anilines is 1. The Morgan fingerprint density at radius 2 is 1.77 bits per heavy atom. The van der Waals surface area contributed by atoms with E-state index >= 15 is 0 Å². The van der Waals surface area contributed by atoms with E-state index in [9.17, 15) is 14.4 Å². The Kier molecular flexibility index (Phi) is 12.4. The van der Waals surface area contributed by atoms with Gasteiger partial charge in [0.1, 0.15) is 0 Å². The fourth-order valence-electron chi connectivity index (χ4n) is 3.13. The van der Waals surface area contributed by atoms with Crippen molar-refractivity contribution in [2.75, 3.05) is 38.7 Å². The first kappa shape index (κ1) is 25.6. The topological polar surface area (TPSA) is 87.7 Å². The summed E-state index contributed by atoms with van der Waals surface area (Å²) in [7, 11) is 1.61. The highest BCUT2D eigenvalue weighted by atomic mass is 16.5. The molecule has 0 aliphatic heterocycles. The molecular formula is C23H37N3O4. The number of methoxy groups -OCH3 is 1. The fourth-order valence-corrected chi connectivity index (χ4v) is 3.13. The first-order chi connectivity index (χ1) is 14.4. The summed E-state index contributed by atoms with van der Waals surface area (Å²) in [6, 6.07) is 7.43. The van der Waals surface area contributed by atoms with Gasteiger partial charge in [-0.1, -0.05) is 44.4 Å². The second-order valence-corrected chi connectivity index (χ2v) is 7.54. The summed E-state index contributed by atoms with van der Waals surface area (Å²) in [6.45, 7) is 6.86. The molecule has 2 N–H and O–H groups in total. The van der Waals surface area contributed by atoms with E-state index in [-0.39, 0.29) is 36.7 Å². The lowest BCUT2D eigenvalue weighted by Crippen LogP contribution is -2.45. The van der Waals surface area contributed by atoms with Crippen molar-refractivity contribution in [2.24, 2.45) is 5.92 Å². The van der Waals surface area contributed by atoms with E-state index < -0.39 is 0 Å². The third-order valence-corrected chi connectivity index (χ3v) is 4.95. The van der Waals surface area contributed by atoms with Crippen LogP contribution >= 0.6 is 0 Å². The Hall–Kier alpha value is -2.41. The summed E-state index contributed by atoms with van der Waals surface area (Å²) in [4.78, 5) is 39.0. The van der Waals surface area contributed by atoms with Gasteiger partial charge < -0.3 is 20.3 Å². The van der Waals surface area contributed by atoms with Crippen molar-refractivity contribution in [3.8, 4) is 0 Å². The summed E-state index contributed by atoms with van der Waals surface area (Å²) < 4.78 is 5.08. The molecule has 0 aromatic heterocycles. The molecule has 1 aromatic rings. The largest absolute Gasteiger partial charge is 0.385 e. The number of benzene rings is 1. The molecule has 0 aliphatic rings. The van der Waals surface area contributed by atoms with Gasteiger partial charge >= 0.3 is 0 Å². The molecule has 168 valence electrons. The minimum atomic E-state index is -0.342. The lowest BCUT2D eigenvalue weighted by atomic mass is 9.97. The number of nitrogens with one attached hydrogen (secondary N) is 2. The molecular weight excluding hydrogens is 382 g/mol. The van der Waals surface area contributed by atoms with Crippen molar-refractivity contribution in [3.63, 3.8) is 0 Å². The summed E-state index contributed by atoms with van der Waals surface area (Å²) in [5.41, 5.74) is 1.78. The van der Waals surface area contributed by atoms with Gasteiger partial charge in [-0.15, -0.1) is 0 Å². The van der Waals surface area contributed by atoms with Gasteiger partial charge in [0.2, 0.25) is 17.7 Å². The Morgan fingerprint density at radius 1 is 1.07 bits per heavy atom. The molecule has 0 saturated heterocycles. The van der Waals surface area contributed by atoms with E-state index in [2.05, 4.69) is 17.6 Å². The van der Waals surface area contributed by atoms with Crippen molar-refractivity contribution < 1.29 is 19.1 Å². The van der Waals surface area contributed by atoms with Crippen molar-refractivity contribution in [2.45, 2.75) is 52.9 Å². The van der Waals surface area contributed by atoms with Gasteiger partial charge in [0.05, 0.1) is 13.1 Å². The molecule has 0 bridgehead atoms. The standard InChI is InChI=1S/C23H37N3O4/c1-5-7-9-19(6-2)23(29)26(14-8-15-30-4)17-22(28)24-16-21(27)25-20-12-10-18(3)11-13-20/h10-13,19H,5-9,14-17H2,1-4H3,(H,24,28)(H,25,27)/t19-/m1/s1. The highest BCUT2D eigenvalue weighted by Crippen LogP contribution is 2.16. The Bertz CT molecular complexity index is 661. The van der Waals surface area contributed by atoms with Crippen molar-refractivity contribution >= 4 is 23.4 Å². The fraction of sp³-hybridized carbons (Fsp3) is 0.609. The number of carbonyl (C=O) groups excluding carboxylic acids is 3. The molecule has 0 heterocycles. The quantitative estimate of drug-likeness (QED) is 0.454. The predicted octanol–water partition coefficient (Wildman–Crippen LogP) is 3.13. The number of nitrogens with zero attached hydrogens (tertiary/aromatic N) is 1. The van der Waals surface area contributed by atoms with E-state index in [1.165, 1.54) is 0 Å². The zero-order chi connectivity index (χ0) is 22.4. The number of aryl methyl sites for hydroxylation is 1. The number of ether oxygens (including phenoxy) is 1. The van der Waals surface area contributed by atoms with Crippen LogP contribution in [-0.4, -0.2) is 56.0 Å². The molecule has 0 spiro atoms. The van der Waals surface area contributed by atoms with Gasteiger partial charge in [0.15, 0.2) is 0 Å². The molecule has 0 aliphatic carbocycles. The van der Waals surface area contributed by atoms with Gasteiger partial charge in [-0.3, -0.25) is 14.4 Å². The lowest BCUT2D eigenvalue weighted by Gasteiger charge is -2.26. The molecule has 0 fully saturated rings. The maximum Gasteiger partial charge on any atom is 0.243 e. The lowest BCUT2D eigenvalue weighted by molar-refractivity contribution is -0.140. The van der Waals surface area contributed by atoms with Gasteiger partial charge in [0, 0.05) is 31.9 Å². The van der Waals surface area contributed by atoms with Crippen LogP contribution in [0.2, 0.25) is 0 Å². The zero-order valence-corrected chi connectivity index (χ0v) is 18.8. The van der Waals surface area contributed by atoms with Crippen LogP contribution in [0.5, 0.6) is 0 Å². The molecule has 0 radical (unpaired) electrons. The van der Waals surface area contributed by atoms with Crippen LogP contribution in [0.25, 0.3) is 0 Å². The Balaban J connectivity index is 2.59. The summed E-state index contributed by atoms with van der Waals surface area (Å²) in [5, 5.41) is 5.36. The maximum atomic E-state index is 12.9. The van der Waals surface area contributed by atoms with E-state index in [1.807, 2.05) is 38.1 Å². The summed E-state index contributed by atoms with van der Waals surface area (Å²) in [5.74, 6) is -0.726. The number of unbranched alkanes of at least 4 members (excludes halogenated alkanes) is 1. The molecule has 1 aromatic carbocycles. The van der Waals surface area contributed by atoms with Crippen molar-refractivity contribution in [3.05, 3.63) is 29.8 Å². The smallest absolute Gasteiger partial charge is 0.243 e. The highest BCUT2D eigenvalue weighted by Gasteiger charge is 2.24. The van der Waals surface area contributed by atoms with E-state index in [0.717, 1.165) is 31.2 Å². The van der Waals surface area contributed by atoms with Crippen LogP contribution in [0, 0.1) is 12.8 Å². The Morgan fingerprint density at radius 3 is 2.37 bits per heavy atom. The van der Waals surface area contributed by atoms with Gasteiger partial charge in [0.25, 0.3) is 0 Å². The number of amides is 3. The number of hydrogen-bond acceptors (Lipinski definition) is 4. The third kappa shape index (κ3) is 9.87. The normalized spacial score (nSPS) is 11.6. The van der Waals surface area contributed by atoms with Crippen LogP contribution in [-0.2, 0) is 19.1 Å². The van der Waals surface area contributed by atoms with E-state index in [0.29, 0.717) is 25.3 Å². The van der Waals surface area contributed by atoms with Crippen LogP contribution in [0.1, 0.15) is 51.5 Å². The van der Waals surface area contributed by atoms with Gasteiger partial charge in [-0.2, -0.15) is 0 Å². The Labute approximate surface area is 180 Å². The van der Waals surface area contributed by atoms with Gasteiger partial charge in [-0.05, 0) is 38.3 Å². The number of carbonyl (C=O) groups is 3. The first-order valence-corrected chi connectivity index (χ1v) is 10.8. The van der Waals surface area contributed by atoms with Crippen LogP contribution in [0.4, 0.5) is 5.69 Å². The zero-order valence-electron chi connectivity index (χ0n) is 18.8. The summed E-state index contributed by atoms with van der Waals surface area (Å²) >= 11 is 0. The van der Waals surface area contributed by atoms with Crippen LogP contribution in [0.15, 0.2) is 24.3 Å².